The van der Waals surface area contributed by atoms with Crippen molar-refractivity contribution in [3.8, 4) is 11.5 Å². The summed E-state index contributed by atoms with van der Waals surface area (Å²) in [6, 6.07) is 16.4. The summed E-state index contributed by atoms with van der Waals surface area (Å²) >= 11 is 1.18. The van der Waals surface area contributed by atoms with Gasteiger partial charge >= 0.3 is 11.7 Å². The van der Waals surface area contributed by atoms with Crippen molar-refractivity contribution >= 4 is 40.4 Å². The molecule has 3 aromatic carbocycles. The molecule has 45 heavy (non-hydrogen) atoms. The van der Waals surface area contributed by atoms with Crippen LogP contribution >= 0.6 is 11.3 Å². The van der Waals surface area contributed by atoms with E-state index in [2.05, 4.69) is 4.99 Å². The summed E-state index contributed by atoms with van der Waals surface area (Å²) in [4.78, 5) is 54.9. The second kappa shape index (κ2) is 12.5. The maximum Gasteiger partial charge on any atom is 0.338 e. The van der Waals surface area contributed by atoms with Gasteiger partial charge in [0.1, 0.15) is 5.75 Å². The van der Waals surface area contributed by atoms with Crippen molar-refractivity contribution in [2.75, 3.05) is 25.6 Å². The van der Waals surface area contributed by atoms with E-state index >= 15 is 0 Å². The standard InChI is InChI=1S/C31H27N5O8S/c1-5-43-30(38)27-18(2)32-31-34(28(27)20-8-10-21(11-9-20)33(3)4)29(37)26(45-31)16-19-6-13-23(14-7-19)44-25-15-12-22(35(39)40)17-24(25)36(41)42/h6-17,28H,5H2,1-4H3/b26-16-/t28-/m1/s1. The van der Waals surface area contributed by atoms with Gasteiger partial charge in [0.05, 0.1) is 44.4 Å². The Morgan fingerprint density at radius 1 is 1.04 bits per heavy atom. The number of benzene rings is 3. The van der Waals surface area contributed by atoms with Gasteiger partial charge in [0.15, 0.2) is 4.80 Å². The van der Waals surface area contributed by atoms with Crippen molar-refractivity contribution in [2.45, 2.75) is 19.9 Å². The highest BCUT2D eigenvalue weighted by molar-refractivity contribution is 7.07. The van der Waals surface area contributed by atoms with E-state index in [1.165, 1.54) is 22.0 Å². The van der Waals surface area contributed by atoms with E-state index in [0.717, 1.165) is 23.4 Å². The highest BCUT2D eigenvalue weighted by Crippen LogP contribution is 2.35. The Balaban J connectivity index is 1.52. The van der Waals surface area contributed by atoms with Crippen LogP contribution in [-0.2, 0) is 9.53 Å². The second-order valence-electron chi connectivity index (χ2n) is 10.1. The molecular formula is C31H27N5O8S. The molecule has 0 bridgehead atoms. The smallest absolute Gasteiger partial charge is 0.338 e. The first kappa shape index (κ1) is 30.8. The zero-order valence-electron chi connectivity index (χ0n) is 24.6. The number of anilines is 1. The number of hydrogen-bond donors (Lipinski definition) is 0. The summed E-state index contributed by atoms with van der Waals surface area (Å²) in [7, 11) is 3.84. The van der Waals surface area contributed by atoms with Gasteiger partial charge in [-0.15, -0.1) is 0 Å². The van der Waals surface area contributed by atoms with Gasteiger partial charge in [-0.3, -0.25) is 29.6 Å². The molecule has 13 nitrogen and oxygen atoms in total. The Bertz CT molecular complexity index is 2030. The molecular weight excluding hydrogens is 602 g/mol. The number of rotatable bonds is 9. The molecule has 0 spiro atoms. The topological polar surface area (TPSA) is 159 Å². The number of carbonyl (C=O) groups is 1. The average molecular weight is 630 g/mol. The molecule has 1 aromatic heterocycles. The van der Waals surface area contributed by atoms with E-state index in [0.29, 0.717) is 20.6 Å². The van der Waals surface area contributed by atoms with E-state index in [4.69, 9.17) is 9.47 Å². The number of non-ortho nitro benzene ring substituents is 1. The monoisotopic (exact) mass is 629 g/mol. The molecule has 0 radical (unpaired) electrons. The summed E-state index contributed by atoms with van der Waals surface area (Å²) in [5.41, 5.74) is 1.77. The van der Waals surface area contributed by atoms with Crippen molar-refractivity contribution in [1.82, 2.24) is 4.57 Å². The number of nitro groups is 2. The van der Waals surface area contributed by atoms with Crippen LogP contribution in [0, 0.1) is 20.2 Å². The van der Waals surface area contributed by atoms with Gasteiger partial charge in [-0.25, -0.2) is 9.79 Å². The minimum Gasteiger partial charge on any atom is -0.463 e. The van der Waals surface area contributed by atoms with Crippen molar-refractivity contribution in [1.29, 1.82) is 0 Å². The molecule has 0 saturated carbocycles. The predicted molar refractivity (Wildman–Crippen MR) is 167 cm³/mol. The largest absolute Gasteiger partial charge is 0.463 e. The summed E-state index contributed by atoms with van der Waals surface area (Å²) in [5.74, 6) is -0.446. The van der Waals surface area contributed by atoms with Crippen LogP contribution in [0.1, 0.15) is 31.0 Å². The average Bonchev–Trinajstić information content (AvgIpc) is 3.31. The molecule has 230 valence electrons. The number of thiazole rings is 1. The Kier molecular flexibility index (Phi) is 8.59. The zero-order chi connectivity index (χ0) is 32.4. The minimum atomic E-state index is -0.755. The molecule has 0 fully saturated rings. The zero-order valence-corrected chi connectivity index (χ0v) is 25.4. The Morgan fingerprint density at radius 2 is 1.73 bits per heavy atom. The first-order chi connectivity index (χ1) is 21.5. The Morgan fingerprint density at radius 3 is 2.33 bits per heavy atom. The van der Waals surface area contributed by atoms with Gasteiger partial charge in [0.25, 0.3) is 11.2 Å². The van der Waals surface area contributed by atoms with Crippen LogP contribution in [0.5, 0.6) is 11.5 Å². The number of hydrogen-bond acceptors (Lipinski definition) is 11. The summed E-state index contributed by atoms with van der Waals surface area (Å²) in [5, 5.41) is 22.5. The van der Waals surface area contributed by atoms with E-state index < -0.39 is 33.2 Å². The summed E-state index contributed by atoms with van der Waals surface area (Å²) < 4.78 is 12.9. The quantitative estimate of drug-likeness (QED) is 0.148. The molecule has 1 atom stereocenters. The van der Waals surface area contributed by atoms with Crippen LogP contribution in [0.3, 0.4) is 0 Å². The number of esters is 1. The molecule has 14 heteroatoms. The molecule has 0 saturated heterocycles. The molecule has 1 aliphatic heterocycles. The van der Waals surface area contributed by atoms with Crippen molar-refractivity contribution < 1.29 is 24.1 Å². The third-order valence-corrected chi connectivity index (χ3v) is 7.98. The lowest BCUT2D eigenvalue weighted by atomic mass is 9.95. The highest BCUT2D eigenvalue weighted by Gasteiger charge is 2.33. The summed E-state index contributed by atoms with van der Waals surface area (Å²) in [6.07, 6.45) is 1.68. The molecule has 4 aromatic rings. The lowest BCUT2D eigenvalue weighted by Crippen LogP contribution is -2.39. The highest BCUT2D eigenvalue weighted by atomic mass is 32.1. The van der Waals surface area contributed by atoms with Crippen LogP contribution in [0.15, 0.2) is 87.8 Å². The lowest BCUT2D eigenvalue weighted by molar-refractivity contribution is -0.394. The number of carbonyl (C=O) groups excluding carboxylic acids is 1. The maximum atomic E-state index is 13.9. The number of fused-ring (bicyclic) bond motifs is 1. The van der Waals surface area contributed by atoms with Crippen LogP contribution in [-0.4, -0.2) is 41.1 Å². The SMILES string of the molecule is CCOC(=O)C1=C(C)N=c2s/c(=C\c3ccc(Oc4ccc([N+](=O)[O-])cc4[N+](=O)[O-])cc3)c(=O)n2[C@@H]1c1ccc(N(C)C)cc1. The van der Waals surface area contributed by atoms with Gasteiger partial charge in [-0.05, 0) is 61.4 Å². The van der Waals surface area contributed by atoms with Crippen LogP contribution in [0.2, 0.25) is 0 Å². The minimum absolute atomic E-state index is 0.155. The molecule has 0 aliphatic carbocycles. The fourth-order valence-electron chi connectivity index (χ4n) is 4.82. The molecule has 1 aliphatic rings. The van der Waals surface area contributed by atoms with Gasteiger partial charge < -0.3 is 14.4 Å². The number of aromatic nitrogens is 1. The predicted octanol–water partition coefficient (Wildman–Crippen LogP) is 4.47. The molecule has 2 heterocycles. The number of nitro benzene ring substituents is 2. The second-order valence-corrected chi connectivity index (χ2v) is 11.1. The Labute approximate surface area is 259 Å². The van der Waals surface area contributed by atoms with E-state index in [9.17, 15) is 29.8 Å². The van der Waals surface area contributed by atoms with Crippen molar-refractivity contribution in [3.63, 3.8) is 0 Å². The first-order valence-electron chi connectivity index (χ1n) is 13.7. The third-order valence-electron chi connectivity index (χ3n) is 7.00. The first-order valence-corrected chi connectivity index (χ1v) is 14.5. The number of ether oxygens (including phenoxy) is 2. The molecule has 0 amide bonds. The summed E-state index contributed by atoms with van der Waals surface area (Å²) in [6.45, 7) is 3.61. The molecule has 5 rings (SSSR count). The van der Waals surface area contributed by atoms with E-state index in [1.54, 1.807) is 44.2 Å². The van der Waals surface area contributed by atoms with Crippen molar-refractivity contribution in [2.24, 2.45) is 4.99 Å². The van der Waals surface area contributed by atoms with E-state index in [-0.39, 0.29) is 29.2 Å². The van der Waals surface area contributed by atoms with Crippen LogP contribution in [0.4, 0.5) is 17.1 Å². The van der Waals surface area contributed by atoms with Crippen LogP contribution in [0.25, 0.3) is 6.08 Å². The van der Waals surface area contributed by atoms with Gasteiger partial charge in [-0.1, -0.05) is 35.6 Å². The van der Waals surface area contributed by atoms with Gasteiger partial charge in [-0.2, -0.15) is 0 Å². The van der Waals surface area contributed by atoms with Gasteiger partial charge in [0, 0.05) is 25.8 Å². The van der Waals surface area contributed by atoms with Crippen molar-refractivity contribution in [3.05, 3.63) is 129 Å². The van der Waals surface area contributed by atoms with E-state index in [1.807, 2.05) is 43.3 Å². The number of allylic oxidation sites excluding steroid dienone is 1. The van der Waals surface area contributed by atoms with Gasteiger partial charge in [0.2, 0.25) is 5.75 Å². The maximum absolute atomic E-state index is 13.9. The lowest BCUT2D eigenvalue weighted by Gasteiger charge is -2.25. The number of nitrogens with zero attached hydrogens (tertiary/aromatic N) is 5. The fourth-order valence-corrected chi connectivity index (χ4v) is 5.87. The fraction of sp³-hybridized carbons (Fsp3) is 0.194. The third kappa shape index (κ3) is 6.21. The molecule has 0 N–H and O–H groups in total. The Hall–Kier alpha value is -5.63. The van der Waals surface area contributed by atoms with Crippen LogP contribution < -0.4 is 24.5 Å². The normalized spacial score (nSPS) is 14.4. The molecule has 0 unspecified atom stereocenters.